The average molecular weight is 325 g/mol. The zero-order chi connectivity index (χ0) is 17.1. The minimum Gasteiger partial charge on any atom is -0.367 e. The van der Waals surface area contributed by atoms with Gasteiger partial charge in [-0.15, -0.1) is 0 Å². The van der Waals surface area contributed by atoms with Gasteiger partial charge in [0.2, 0.25) is 5.91 Å². The molecular weight excluding hydrogens is 302 g/mol. The van der Waals surface area contributed by atoms with Gasteiger partial charge in [0.05, 0.1) is 12.0 Å². The Kier molecular flexibility index (Phi) is 4.69. The topological polar surface area (TPSA) is 56.4 Å². The molecule has 1 aromatic carbocycles. The Bertz CT molecular complexity index is 729. The van der Waals surface area contributed by atoms with Crippen LogP contribution >= 0.6 is 0 Å². The molecule has 1 N–H and O–H groups in total. The van der Waals surface area contributed by atoms with Crippen LogP contribution in [0, 0.1) is 13.8 Å². The summed E-state index contributed by atoms with van der Waals surface area (Å²) in [6, 6.07) is 7.94. The number of nitrogens with one attached hydrogen (secondary N) is 1. The lowest BCUT2D eigenvalue weighted by atomic mass is 10.0. The second kappa shape index (κ2) is 6.91. The molecule has 0 radical (unpaired) electrons. The van der Waals surface area contributed by atoms with Gasteiger partial charge < -0.3 is 14.8 Å². The molecule has 5 nitrogen and oxygen atoms in total. The van der Waals surface area contributed by atoms with Gasteiger partial charge in [0.25, 0.3) is 5.91 Å². The van der Waals surface area contributed by atoms with Gasteiger partial charge in [-0.25, -0.2) is 0 Å². The highest BCUT2D eigenvalue weighted by Gasteiger charge is 2.25. The summed E-state index contributed by atoms with van der Waals surface area (Å²) in [5, 5.41) is 0. The third-order valence-electron chi connectivity index (χ3n) is 4.69. The summed E-state index contributed by atoms with van der Waals surface area (Å²) in [5.41, 5.74) is 4.17. The molecule has 1 saturated heterocycles. The minimum absolute atomic E-state index is 0.0255. The predicted octanol–water partition coefficient (Wildman–Crippen LogP) is 2.16. The molecule has 2 heterocycles. The Hall–Kier alpha value is -2.56. The first-order valence-electron chi connectivity index (χ1n) is 8.30. The lowest BCUT2D eigenvalue weighted by Gasteiger charge is -2.34. The molecule has 0 bridgehead atoms. The summed E-state index contributed by atoms with van der Waals surface area (Å²) >= 11 is 0. The average Bonchev–Trinajstić information content (AvgIpc) is 3.12. The molecule has 1 fully saturated rings. The van der Waals surface area contributed by atoms with Crippen molar-refractivity contribution in [3.05, 3.63) is 58.9 Å². The molecule has 126 valence electrons. The molecule has 0 saturated carbocycles. The summed E-state index contributed by atoms with van der Waals surface area (Å²) in [6.07, 6.45) is 3.88. The van der Waals surface area contributed by atoms with Crippen LogP contribution in [0.4, 0.5) is 0 Å². The molecule has 0 aliphatic carbocycles. The summed E-state index contributed by atoms with van der Waals surface area (Å²) in [4.78, 5) is 31.4. The van der Waals surface area contributed by atoms with E-state index in [1.807, 2.05) is 15.9 Å². The van der Waals surface area contributed by atoms with E-state index in [9.17, 15) is 9.59 Å². The van der Waals surface area contributed by atoms with Crippen molar-refractivity contribution in [2.75, 3.05) is 26.2 Å². The smallest absolute Gasteiger partial charge is 0.255 e. The summed E-state index contributed by atoms with van der Waals surface area (Å²) in [7, 11) is 0. The second-order valence-electron chi connectivity index (χ2n) is 6.37. The quantitative estimate of drug-likeness (QED) is 0.940. The third-order valence-corrected chi connectivity index (χ3v) is 4.69. The van der Waals surface area contributed by atoms with Crippen molar-refractivity contribution in [2.45, 2.75) is 20.3 Å². The number of aromatic nitrogens is 1. The molecule has 3 rings (SSSR count). The fraction of sp³-hybridized carbons (Fsp3) is 0.368. The van der Waals surface area contributed by atoms with Gasteiger partial charge in [0.15, 0.2) is 0 Å². The van der Waals surface area contributed by atoms with E-state index in [2.05, 4.69) is 31.0 Å². The highest BCUT2D eigenvalue weighted by Crippen LogP contribution is 2.13. The summed E-state index contributed by atoms with van der Waals surface area (Å²) in [6.45, 7) is 6.50. The number of hydrogen-bond acceptors (Lipinski definition) is 2. The zero-order valence-electron chi connectivity index (χ0n) is 14.2. The monoisotopic (exact) mass is 325 g/mol. The van der Waals surface area contributed by atoms with Crippen molar-refractivity contribution < 1.29 is 9.59 Å². The van der Waals surface area contributed by atoms with Gasteiger partial charge >= 0.3 is 0 Å². The van der Waals surface area contributed by atoms with E-state index >= 15 is 0 Å². The molecule has 2 aromatic rings. The number of amides is 2. The van der Waals surface area contributed by atoms with Crippen LogP contribution in [0.3, 0.4) is 0 Å². The van der Waals surface area contributed by atoms with E-state index < -0.39 is 0 Å². The normalized spacial score (nSPS) is 14.8. The van der Waals surface area contributed by atoms with E-state index in [0.29, 0.717) is 38.2 Å². The fourth-order valence-corrected chi connectivity index (χ4v) is 3.00. The number of aromatic amines is 1. The number of hydrogen-bond donors (Lipinski definition) is 1. The van der Waals surface area contributed by atoms with E-state index in [1.165, 1.54) is 11.1 Å². The molecule has 1 aliphatic heterocycles. The van der Waals surface area contributed by atoms with Crippen molar-refractivity contribution >= 4 is 11.8 Å². The highest BCUT2D eigenvalue weighted by atomic mass is 16.2. The molecule has 0 spiro atoms. The lowest BCUT2D eigenvalue weighted by molar-refractivity contribution is -0.131. The van der Waals surface area contributed by atoms with Crippen molar-refractivity contribution in [2.24, 2.45) is 0 Å². The molecule has 0 unspecified atom stereocenters. The van der Waals surface area contributed by atoms with Crippen LogP contribution < -0.4 is 0 Å². The predicted molar refractivity (Wildman–Crippen MR) is 92.9 cm³/mol. The van der Waals surface area contributed by atoms with Crippen LogP contribution in [0.15, 0.2) is 36.7 Å². The lowest BCUT2D eigenvalue weighted by Crippen LogP contribution is -2.50. The second-order valence-corrected chi connectivity index (χ2v) is 6.37. The number of aryl methyl sites for hydroxylation is 2. The van der Waals surface area contributed by atoms with E-state index in [-0.39, 0.29) is 11.8 Å². The standard InChI is InChI=1S/C19H23N3O2/c1-14-3-4-16(11-15(14)2)12-18(23)21-7-9-22(10-8-21)19(24)17-5-6-20-13-17/h3-6,11,13,20H,7-10,12H2,1-2H3. The van der Waals surface area contributed by atoms with Gasteiger partial charge in [0.1, 0.15) is 0 Å². The Balaban J connectivity index is 1.55. The van der Waals surface area contributed by atoms with Gasteiger partial charge in [-0.05, 0) is 36.6 Å². The van der Waals surface area contributed by atoms with E-state index in [1.54, 1.807) is 18.5 Å². The summed E-state index contributed by atoms with van der Waals surface area (Å²) < 4.78 is 0. The Morgan fingerprint density at radius 3 is 2.33 bits per heavy atom. The first-order valence-corrected chi connectivity index (χ1v) is 8.30. The number of carbonyl (C=O) groups excluding carboxylic acids is 2. The third kappa shape index (κ3) is 3.50. The number of benzene rings is 1. The number of H-pyrrole nitrogens is 1. The zero-order valence-corrected chi connectivity index (χ0v) is 14.2. The van der Waals surface area contributed by atoms with Crippen LogP contribution in [0.5, 0.6) is 0 Å². The molecule has 24 heavy (non-hydrogen) atoms. The van der Waals surface area contributed by atoms with Crippen LogP contribution in [-0.4, -0.2) is 52.8 Å². The van der Waals surface area contributed by atoms with Crippen molar-refractivity contribution in [1.29, 1.82) is 0 Å². The van der Waals surface area contributed by atoms with Gasteiger partial charge in [-0.1, -0.05) is 18.2 Å². The largest absolute Gasteiger partial charge is 0.367 e. The molecule has 0 atom stereocenters. The Labute approximate surface area is 142 Å². The van der Waals surface area contributed by atoms with Crippen LogP contribution in [0.25, 0.3) is 0 Å². The first kappa shape index (κ1) is 16.3. The maximum Gasteiger partial charge on any atom is 0.255 e. The highest BCUT2D eigenvalue weighted by molar-refractivity contribution is 5.94. The molecule has 5 heteroatoms. The van der Waals surface area contributed by atoms with Crippen molar-refractivity contribution in [3.63, 3.8) is 0 Å². The first-order chi connectivity index (χ1) is 11.5. The SMILES string of the molecule is Cc1ccc(CC(=O)N2CCN(C(=O)c3cc[nH]c3)CC2)cc1C. The maximum atomic E-state index is 12.5. The van der Waals surface area contributed by atoms with Crippen LogP contribution in [0.1, 0.15) is 27.0 Å². The van der Waals surface area contributed by atoms with Crippen molar-refractivity contribution in [1.82, 2.24) is 14.8 Å². The molecule has 1 aromatic heterocycles. The molecular formula is C19H23N3O2. The maximum absolute atomic E-state index is 12.5. The number of carbonyl (C=O) groups is 2. The summed E-state index contributed by atoms with van der Waals surface area (Å²) in [5.74, 6) is 0.157. The van der Waals surface area contributed by atoms with Gasteiger partial charge in [-0.3, -0.25) is 9.59 Å². The Morgan fingerprint density at radius 2 is 1.71 bits per heavy atom. The van der Waals surface area contributed by atoms with Crippen LogP contribution in [0.2, 0.25) is 0 Å². The van der Waals surface area contributed by atoms with Gasteiger partial charge in [0, 0.05) is 38.6 Å². The van der Waals surface area contributed by atoms with Gasteiger partial charge in [-0.2, -0.15) is 0 Å². The van der Waals surface area contributed by atoms with E-state index in [0.717, 1.165) is 5.56 Å². The number of nitrogens with zero attached hydrogens (tertiary/aromatic N) is 2. The van der Waals surface area contributed by atoms with Crippen molar-refractivity contribution in [3.8, 4) is 0 Å². The van der Waals surface area contributed by atoms with Crippen LogP contribution in [-0.2, 0) is 11.2 Å². The molecule has 1 aliphatic rings. The molecule has 2 amide bonds. The van der Waals surface area contributed by atoms with E-state index in [4.69, 9.17) is 0 Å². The minimum atomic E-state index is 0.0255. The number of rotatable bonds is 3. The fourth-order valence-electron chi connectivity index (χ4n) is 3.00. The Morgan fingerprint density at radius 1 is 1.00 bits per heavy atom. The number of piperazine rings is 1.